The molecule has 3 aromatic heterocycles. The number of hydrogen-bond acceptors (Lipinski definition) is 7. The number of para-hydroxylation sites is 1. The second kappa shape index (κ2) is 10.6. The second-order valence-corrected chi connectivity index (χ2v) is 10.2. The molecule has 4 aromatic rings. The SMILES string of the molecule is COCCOCC1(C(=O)O)CCC(c2nc3c(-c4cnn(-c5ccccc5)c4)cnn3c(N)c2Br)CC1. The van der Waals surface area contributed by atoms with E-state index in [1.54, 1.807) is 24.0 Å². The van der Waals surface area contributed by atoms with Gasteiger partial charge >= 0.3 is 5.97 Å². The van der Waals surface area contributed by atoms with Gasteiger partial charge in [0.15, 0.2) is 5.65 Å². The van der Waals surface area contributed by atoms with E-state index in [1.807, 2.05) is 41.2 Å². The van der Waals surface area contributed by atoms with Crippen molar-refractivity contribution >= 4 is 33.4 Å². The van der Waals surface area contributed by atoms with E-state index >= 15 is 0 Å². The van der Waals surface area contributed by atoms with E-state index in [0.717, 1.165) is 22.5 Å². The van der Waals surface area contributed by atoms with Crippen molar-refractivity contribution in [1.82, 2.24) is 24.4 Å². The molecule has 0 aliphatic heterocycles. The summed E-state index contributed by atoms with van der Waals surface area (Å²) >= 11 is 3.63. The predicted octanol–water partition coefficient (Wildman–Crippen LogP) is 4.32. The van der Waals surface area contributed by atoms with Crippen LogP contribution >= 0.6 is 15.9 Å². The molecule has 0 unspecified atom stereocenters. The van der Waals surface area contributed by atoms with E-state index < -0.39 is 11.4 Å². The Morgan fingerprint density at radius 3 is 2.65 bits per heavy atom. The molecule has 0 bridgehead atoms. The molecule has 1 fully saturated rings. The van der Waals surface area contributed by atoms with Crippen LogP contribution in [0.1, 0.15) is 37.3 Å². The zero-order valence-corrected chi connectivity index (χ0v) is 22.1. The number of aliphatic carboxylic acids is 1. The minimum atomic E-state index is -0.903. The fourth-order valence-electron chi connectivity index (χ4n) is 4.94. The van der Waals surface area contributed by atoms with Crippen molar-refractivity contribution in [2.45, 2.75) is 31.6 Å². The number of methoxy groups -OCH3 is 1. The van der Waals surface area contributed by atoms with Crippen LogP contribution in [0.5, 0.6) is 0 Å². The van der Waals surface area contributed by atoms with Crippen LogP contribution in [-0.4, -0.2) is 62.4 Å². The highest BCUT2D eigenvalue weighted by atomic mass is 79.9. The monoisotopic (exact) mass is 568 g/mol. The van der Waals surface area contributed by atoms with Gasteiger partial charge in [-0.1, -0.05) is 18.2 Å². The molecular weight excluding hydrogens is 540 g/mol. The van der Waals surface area contributed by atoms with Crippen LogP contribution < -0.4 is 5.73 Å². The largest absolute Gasteiger partial charge is 0.481 e. The minimum absolute atomic E-state index is 0.0583. The van der Waals surface area contributed by atoms with Crippen molar-refractivity contribution in [3.63, 3.8) is 0 Å². The van der Waals surface area contributed by atoms with Crippen LogP contribution in [0.15, 0.2) is 53.4 Å². The molecule has 0 saturated heterocycles. The molecule has 5 rings (SSSR count). The Labute approximate surface area is 222 Å². The lowest BCUT2D eigenvalue weighted by atomic mass is 9.70. The average molecular weight is 569 g/mol. The summed E-state index contributed by atoms with van der Waals surface area (Å²) in [5.74, 6) is -0.304. The summed E-state index contributed by atoms with van der Waals surface area (Å²) in [5, 5.41) is 19.0. The third kappa shape index (κ3) is 4.86. The highest BCUT2D eigenvalue weighted by Crippen LogP contribution is 2.45. The minimum Gasteiger partial charge on any atom is -0.481 e. The Kier molecular flexibility index (Phi) is 7.27. The first-order valence-corrected chi connectivity index (χ1v) is 13.0. The van der Waals surface area contributed by atoms with Gasteiger partial charge in [0, 0.05) is 30.4 Å². The Balaban J connectivity index is 1.42. The van der Waals surface area contributed by atoms with Crippen LogP contribution in [0.2, 0.25) is 0 Å². The molecule has 1 aliphatic carbocycles. The molecule has 1 aromatic carbocycles. The number of hydrogen-bond donors (Lipinski definition) is 2. The maximum Gasteiger partial charge on any atom is 0.311 e. The zero-order chi connectivity index (χ0) is 26.0. The molecule has 0 radical (unpaired) electrons. The van der Waals surface area contributed by atoms with Crippen molar-refractivity contribution < 1.29 is 19.4 Å². The first-order valence-electron chi connectivity index (χ1n) is 12.2. The summed E-state index contributed by atoms with van der Waals surface area (Å²) in [4.78, 5) is 17.2. The lowest BCUT2D eigenvalue weighted by Gasteiger charge is -2.36. The van der Waals surface area contributed by atoms with E-state index in [2.05, 4.69) is 26.1 Å². The number of carboxylic acids is 1. The summed E-state index contributed by atoms with van der Waals surface area (Å²) in [7, 11) is 1.59. The number of carbonyl (C=O) groups is 1. The fourth-order valence-corrected chi connectivity index (χ4v) is 5.53. The lowest BCUT2D eigenvalue weighted by molar-refractivity contribution is -0.156. The molecule has 0 amide bonds. The molecule has 194 valence electrons. The number of aromatic nitrogens is 5. The maximum absolute atomic E-state index is 12.2. The summed E-state index contributed by atoms with van der Waals surface area (Å²) < 4.78 is 14.8. The summed E-state index contributed by atoms with van der Waals surface area (Å²) in [6.07, 6.45) is 7.79. The topological polar surface area (TPSA) is 130 Å². The number of anilines is 1. The molecular formula is C26H29BrN6O4. The van der Waals surface area contributed by atoms with Crippen LogP contribution in [0, 0.1) is 5.41 Å². The summed E-state index contributed by atoms with van der Waals surface area (Å²) in [6, 6.07) is 9.87. The highest BCUT2D eigenvalue weighted by molar-refractivity contribution is 9.10. The van der Waals surface area contributed by atoms with Crippen LogP contribution in [0.4, 0.5) is 5.82 Å². The number of ether oxygens (including phenoxy) is 2. The van der Waals surface area contributed by atoms with E-state index in [9.17, 15) is 9.90 Å². The lowest BCUT2D eigenvalue weighted by Crippen LogP contribution is -2.39. The quantitative estimate of drug-likeness (QED) is 0.285. The number of nitrogens with two attached hydrogens (primary N) is 1. The molecule has 3 N–H and O–H groups in total. The molecule has 3 heterocycles. The van der Waals surface area contributed by atoms with Crippen LogP contribution in [-0.2, 0) is 14.3 Å². The fraction of sp³-hybridized carbons (Fsp3) is 0.385. The number of halogens is 1. The molecule has 37 heavy (non-hydrogen) atoms. The number of rotatable bonds is 9. The van der Waals surface area contributed by atoms with Crippen molar-refractivity contribution in [1.29, 1.82) is 0 Å². The molecule has 0 atom stereocenters. The van der Waals surface area contributed by atoms with Crippen molar-refractivity contribution in [2.24, 2.45) is 5.41 Å². The second-order valence-electron chi connectivity index (χ2n) is 9.40. The van der Waals surface area contributed by atoms with Gasteiger partial charge in [-0.15, -0.1) is 0 Å². The predicted molar refractivity (Wildman–Crippen MR) is 142 cm³/mol. The Morgan fingerprint density at radius 2 is 1.95 bits per heavy atom. The van der Waals surface area contributed by atoms with Gasteiger partial charge < -0.3 is 20.3 Å². The number of benzene rings is 1. The molecule has 0 spiro atoms. The first kappa shape index (κ1) is 25.4. The standard InChI is InChI=1S/C26H29BrN6O4/c1-36-11-12-37-16-26(25(34)35)9-7-17(8-10-26)22-21(27)23(28)33-24(31-22)20(14-30-33)18-13-29-32(15-18)19-5-3-2-4-6-19/h2-6,13-15,17H,7-12,16,28H2,1H3,(H,34,35). The van der Waals surface area contributed by atoms with Gasteiger partial charge in [0.2, 0.25) is 0 Å². The van der Waals surface area contributed by atoms with Crippen molar-refractivity contribution in [3.05, 3.63) is 59.1 Å². The van der Waals surface area contributed by atoms with Crippen LogP contribution in [0.25, 0.3) is 22.5 Å². The summed E-state index contributed by atoms with van der Waals surface area (Å²) in [5.41, 5.74) is 9.69. The van der Waals surface area contributed by atoms with Gasteiger partial charge in [-0.05, 0) is 53.7 Å². The van der Waals surface area contributed by atoms with Gasteiger partial charge in [-0.25, -0.2) is 9.67 Å². The third-order valence-electron chi connectivity index (χ3n) is 7.16. The van der Waals surface area contributed by atoms with Gasteiger partial charge in [0.1, 0.15) is 5.82 Å². The third-order valence-corrected chi connectivity index (χ3v) is 7.97. The van der Waals surface area contributed by atoms with Crippen molar-refractivity contribution in [2.75, 3.05) is 32.7 Å². The molecule has 1 aliphatic rings. The normalized spacial score (nSPS) is 19.9. The van der Waals surface area contributed by atoms with Gasteiger partial charge in [-0.2, -0.15) is 14.7 Å². The average Bonchev–Trinajstić information content (AvgIpc) is 3.57. The number of nitrogen functional groups attached to an aromatic ring is 1. The Hall–Kier alpha value is -3.28. The number of fused-ring (bicyclic) bond motifs is 1. The van der Waals surface area contributed by atoms with E-state index in [4.69, 9.17) is 20.2 Å². The van der Waals surface area contributed by atoms with E-state index in [0.29, 0.717) is 54.8 Å². The Bertz CT molecular complexity index is 1400. The van der Waals surface area contributed by atoms with Crippen LogP contribution in [0.3, 0.4) is 0 Å². The zero-order valence-electron chi connectivity index (χ0n) is 20.5. The molecule has 11 heteroatoms. The molecule has 1 saturated carbocycles. The molecule has 10 nitrogen and oxygen atoms in total. The number of carboxylic acid groups (broad SMARTS) is 1. The van der Waals surface area contributed by atoms with E-state index in [-0.39, 0.29) is 12.5 Å². The van der Waals surface area contributed by atoms with Gasteiger partial charge in [0.25, 0.3) is 0 Å². The highest BCUT2D eigenvalue weighted by Gasteiger charge is 2.43. The van der Waals surface area contributed by atoms with E-state index in [1.165, 1.54) is 0 Å². The first-order chi connectivity index (χ1) is 17.9. The van der Waals surface area contributed by atoms with Crippen molar-refractivity contribution in [3.8, 4) is 16.8 Å². The van der Waals surface area contributed by atoms with Gasteiger partial charge in [-0.3, -0.25) is 4.79 Å². The maximum atomic E-state index is 12.2. The Morgan fingerprint density at radius 1 is 1.19 bits per heavy atom. The van der Waals surface area contributed by atoms with Gasteiger partial charge in [0.05, 0.1) is 53.5 Å². The number of nitrogens with zero attached hydrogens (tertiary/aromatic N) is 5. The summed E-state index contributed by atoms with van der Waals surface area (Å²) in [6.45, 7) is 0.985. The smallest absolute Gasteiger partial charge is 0.311 e.